The van der Waals surface area contributed by atoms with Crippen LogP contribution in [0, 0.1) is 0 Å². The summed E-state index contributed by atoms with van der Waals surface area (Å²) >= 11 is 1.72. The van der Waals surface area contributed by atoms with Gasteiger partial charge >= 0.3 is 0 Å². The zero-order valence-corrected chi connectivity index (χ0v) is 15.3. The molecule has 26 heavy (non-hydrogen) atoms. The molecule has 1 N–H and O–H groups in total. The highest BCUT2D eigenvalue weighted by atomic mass is 32.2. The quantitative estimate of drug-likeness (QED) is 0.782. The van der Waals surface area contributed by atoms with Crippen LogP contribution in [0.2, 0.25) is 0 Å². The van der Waals surface area contributed by atoms with E-state index in [1.807, 2.05) is 12.1 Å². The predicted molar refractivity (Wildman–Crippen MR) is 102 cm³/mol. The summed E-state index contributed by atoms with van der Waals surface area (Å²) in [6.07, 6.45) is 4.51. The number of carbonyl (C=O) groups excluding carboxylic acids is 1. The van der Waals surface area contributed by atoms with Gasteiger partial charge in [-0.05, 0) is 48.4 Å². The fourth-order valence-corrected chi connectivity index (χ4v) is 4.50. The molecule has 2 heterocycles. The van der Waals surface area contributed by atoms with Gasteiger partial charge in [0.05, 0.1) is 0 Å². The molecular weight excluding hydrogens is 346 g/mol. The molecule has 4 nitrogen and oxygen atoms in total. The zero-order valence-electron chi connectivity index (χ0n) is 14.5. The van der Waals surface area contributed by atoms with Gasteiger partial charge in [-0.3, -0.25) is 4.79 Å². The number of carbonyl (C=O) groups is 1. The van der Waals surface area contributed by atoms with Crippen LogP contribution in [0.25, 0.3) is 0 Å². The largest absolute Gasteiger partial charge is 0.454 e. The molecule has 1 atom stereocenters. The van der Waals surface area contributed by atoms with Gasteiger partial charge in [0.2, 0.25) is 6.79 Å². The standard InChI is InChI=1S/C21H19NO3S/c1-26-13-7-5-12(6-8-13)20-14-9-18-19(25-11-24-18)10-16(14)22-15-3-2-4-17(23)21(15)20/h5-10,20,22H,2-4,11H2,1H3/t20-/m0/s1. The SMILES string of the molecule is CSc1ccc([C@@H]2C3=C(CCCC3=O)Nc3cc4c(cc32)OCO4)cc1. The first-order valence-corrected chi connectivity index (χ1v) is 10.1. The molecule has 5 heteroatoms. The van der Waals surface area contributed by atoms with Crippen molar-refractivity contribution in [1.29, 1.82) is 0 Å². The van der Waals surface area contributed by atoms with Crippen LogP contribution >= 0.6 is 11.8 Å². The summed E-state index contributed by atoms with van der Waals surface area (Å²) in [6.45, 7) is 0.247. The van der Waals surface area contributed by atoms with Crippen molar-refractivity contribution in [2.24, 2.45) is 0 Å². The van der Waals surface area contributed by atoms with Crippen molar-refractivity contribution in [3.05, 3.63) is 58.8 Å². The van der Waals surface area contributed by atoms with Crippen LogP contribution in [0.4, 0.5) is 5.69 Å². The van der Waals surface area contributed by atoms with Gasteiger partial charge in [-0.15, -0.1) is 11.8 Å². The van der Waals surface area contributed by atoms with Crippen molar-refractivity contribution < 1.29 is 14.3 Å². The van der Waals surface area contributed by atoms with E-state index in [0.717, 1.165) is 52.4 Å². The molecule has 0 aromatic heterocycles. The maximum atomic E-state index is 12.8. The number of rotatable bonds is 2. The number of thioether (sulfide) groups is 1. The average molecular weight is 365 g/mol. The van der Waals surface area contributed by atoms with Crippen LogP contribution < -0.4 is 14.8 Å². The Morgan fingerprint density at radius 3 is 2.62 bits per heavy atom. The number of nitrogens with one attached hydrogen (secondary N) is 1. The minimum Gasteiger partial charge on any atom is -0.454 e. The second kappa shape index (κ2) is 6.09. The summed E-state index contributed by atoms with van der Waals surface area (Å²) in [7, 11) is 0. The summed E-state index contributed by atoms with van der Waals surface area (Å²) in [5.41, 5.74) is 5.22. The van der Waals surface area contributed by atoms with E-state index in [0.29, 0.717) is 6.42 Å². The van der Waals surface area contributed by atoms with E-state index in [2.05, 4.69) is 35.8 Å². The van der Waals surface area contributed by atoms with E-state index in [1.165, 1.54) is 4.90 Å². The Morgan fingerprint density at radius 2 is 1.85 bits per heavy atom. The molecule has 0 radical (unpaired) electrons. The summed E-state index contributed by atoms with van der Waals surface area (Å²) in [6, 6.07) is 12.6. The first-order chi connectivity index (χ1) is 12.7. The fourth-order valence-electron chi connectivity index (χ4n) is 4.09. The van der Waals surface area contributed by atoms with E-state index in [9.17, 15) is 4.79 Å². The molecule has 0 saturated carbocycles. The lowest BCUT2D eigenvalue weighted by atomic mass is 9.75. The molecular formula is C21H19NO3S. The fraction of sp³-hybridized carbons (Fsp3) is 0.286. The lowest BCUT2D eigenvalue weighted by Crippen LogP contribution is -2.26. The molecule has 0 unspecified atom stereocenters. The third kappa shape index (κ3) is 2.42. The molecule has 0 bridgehead atoms. The lowest BCUT2D eigenvalue weighted by Gasteiger charge is -2.34. The number of benzene rings is 2. The van der Waals surface area contributed by atoms with E-state index < -0.39 is 0 Å². The van der Waals surface area contributed by atoms with Gasteiger partial charge in [0.15, 0.2) is 17.3 Å². The van der Waals surface area contributed by atoms with Gasteiger partial charge < -0.3 is 14.8 Å². The Labute approximate surface area is 156 Å². The Balaban J connectivity index is 1.70. The highest BCUT2D eigenvalue weighted by Gasteiger charge is 2.36. The minimum absolute atomic E-state index is 0.0561. The molecule has 0 saturated heterocycles. The van der Waals surface area contributed by atoms with Crippen molar-refractivity contribution in [3.63, 3.8) is 0 Å². The highest BCUT2D eigenvalue weighted by Crippen LogP contribution is 2.49. The van der Waals surface area contributed by atoms with Crippen molar-refractivity contribution in [1.82, 2.24) is 0 Å². The second-order valence-corrected chi connectivity index (χ2v) is 7.67. The summed E-state index contributed by atoms with van der Waals surface area (Å²) < 4.78 is 11.1. The molecule has 0 amide bonds. The van der Waals surface area contributed by atoms with Gasteiger partial charge in [0, 0.05) is 40.3 Å². The van der Waals surface area contributed by atoms with Gasteiger partial charge in [-0.1, -0.05) is 12.1 Å². The average Bonchev–Trinajstić information content (AvgIpc) is 3.12. The van der Waals surface area contributed by atoms with Crippen LogP contribution in [0.5, 0.6) is 11.5 Å². The summed E-state index contributed by atoms with van der Waals surface area (Å²) in [5, 5.41) is 3.50. The predicted octanol–water partition coefficient (Wildman–Crippen LogP) is 4.70. The molecule has 0 fully saturated rings. The van der Waals surface area contributed by atoms with E-state index in [1.54, 1.807) is 11.8 Å². The number of hydrogen-bond donors (Lipinski definition) is 1. The molecule has 5 rings (SSSR count). The Bertz CT molecular complexity index is 933. The van der Waals surface area contributed by atoms with Crippen molar-refractivity contribution in [2.45, 2.75) is 30.1 Å². The van der Waals surface area contributed by atoms with E-state index >= 15 is 0 Å². The zero-order chi connectivity index (χ0) is 17.7. The Hall–Kier alpha value is -2.40. The topological polar surface area (TPSA) is 47.6 Å². The van der Waals surface area contributed by atoms with Crippen molar-refractivity contribution in [3.8, 4) is 11.5 Å². The summed E-state index contributed by atoms with van der Waals surface area (Å²) in [4.78, 5) is 14.0. The van der Waals surface area contributed by atoms with Crippen molar-refractivity contribution in [2.75, 3.05) is 18.4 Å². The number of Topliss-reactive ketones (excluding diaryl/α,β-unsaturated/α-hetero) is 1. The minimum atomic E-state index is -0.0561. The normalized spacial score (nSPS) is 20.5. The smallest absolute Gasteiger partial charge is 0.231 e. The maximum Gasteiger partial charge on any atom is 0.231 e. The van der Waals surface area contributed by atoms with Crippen LogP contribution in [-0.4, -0.2) is 18.8 Å². The molecule has 2 aromatic rings. The number of hydrogen-bond acceptors (Lipinski definition) is 5. The third-order valence-corrected chi connectivity index (χ3v) is 6.08. The van der Waals surface area contributed by atoms with Gasteiger partial charge in [0.25, 0.3) is 0 Å². The molecule has 132 valence electrons. The second-order valence-electron chi connectivity index (χ2n) is 6.79. The van der Waals surface area contributed by atoms with Crippen LogP contribution in [0.1, 0.15) is 36.3 Å². The number of anilines is 1. The first kappa shape index (κ1) is 15.8. The molecule has 2 aliphatic heterocycles. The van der Waals surface area contributed by atoms with Crippen LogP contribution in [-0.2, 0) is 4.79 Å². The molecule has 3 aliphatic rings. The maximum absolute atomic E-state index is 12.8. The first-order valence-electron chi connectivity index (χ1n) is 8.85. The number of ether oxygens (including phenoxy) is 2. The monoisotopic (exact) mass is 365 g/mol. The van der Waals surface area contributed by atoms with Crippen LogP contribution in [0.3, 0.4) is 0 Å². The lowest BCUT2D eigenvalue weighted by molar-refractivity contribution is -0.116. The van der Waals surface area contributed by atoms with Gasteiger partial charge in [-0.25, -0.2) is 0 Å². The Kier molecular flexibility index (Phi) is 3.71. The van der Waals surface area contributed by atoms with E-state index in [-0.39, 0.29) is 18.5 Å². The Morgan fingerprint density at radius 1 is 1.08 bits per heavy atom. The summed E-state index contributed by atoms with van der Waals surface area (Å²) in [5.74, 6) is 1.71. The van der Waals surface area contributed by atoms with Gasteiger partial charge in [0.1, 0.15) is 0 Å². The van der Waals surface area contributed by atoms with Crippen LogP contribution in [0.15, 0.2) is 52.6 Å². The van der Waals surface area contributed by atoms with Crippen molar-refractivity contribution >= 4 is 23.2 Å². The van der Waals surface area contributed by atoms with E-state index in [4.69, 9.17) is 9.47 Å². The number of fused-ring (bicyclic) bond motifs is 2. The molecule has 2 aromatic carbocycles. The number of allylic oxidation sites excluding steroid dienone is 2. The number of ketones is 1. The third-order valence-electron chi connectivity index (χ3n) is 5.34. The highest BCUT2D eigenvalue weighted by molar-refractivity contribution is 7.98. The van der Waals surface area contributed by atoms with Gasteiger partial charge in [-0.2, -0.15) is 0 Å². The molecule has 0 spiro atoms. The molecule has 1 aliphatic carbocycles.